The van der Waals surface area contributed by atoms with Crippen LogP contribution < -0.4 is 10.3 Å². The molecular formula is C22H24N4O3. The van der Waals surface area contributed by atoms with E-state index in [2.05, 4.69) is 16.9 Å². The Bertz CT molecular complexity index is 1100. The lowest BCUT2D eigenvalue weighted by molar-refractivity contribution is 0.0638. The molecule has 1 aliphatic heterocycles. The number of hydrogen-bond acceptors (Lipinski definition) is 5. The van der Waals surface area contributed by atoms with E-state index < -0.39 is 0 Å². The number of amides is 1. The van der Waals surface area contributed by atoms with Gasteiger partial charge in [0.15, 0.2) is 5.69 Å². The van der Waals surface area contributed by atoms with Crippen molar-refractivity contribution in [3.63, 3.8) is 0 Å². The molecule has 7 nitrogen and oxygen atoms in total. The van der Waals surface area contributed by atoms with Crippen molar-refractivity contribution in [3.05, 3.63) is 64.6 Å². The molecule has 0 atom stereocenters. The number of fused-ring (bicyclic) bond motifs is 1. The van der Waals surface area contributed by atoms with E-state index >= 15 is 0 Å². The van der Waals surface area contributed by atoms with Crippen LogP contribution in [0.1, 0.15) is 17.4 Å². The SMILES string of the molecule is CCN1CCN(C(=O)c2nn(-c3cccc(OC)c3)c(=O)c3ccccc23)CC1. The third kappa shape index (κ3) is 3.61. The first-order valence-electron chi connectivity index (χ1n) is 9.80. The van der Waals surface area contributed by atoms with Crippen molar-refractivity contribution >= 4 is 16.7 Å². The van der Waals surface area contributed by atoms with Crippen LogP contribution in [-0.4, -0.2) is 65.3 Å². The fourth-order valence-corrected chi connectivity index (χ4v) is 3.68. The second-order valence-electron chi connectivity index (χ2n) is 7.04. The van der Waals surface area contributed by atoms with Gasteiger partial charge in [0.25, 0.3) is 11.5 Å². The summed E-state index contributed by atoms with van der Waals surface area (Å²) in [5.74, 6) is 0.474. The lowest BCUT2D eigenvalue weighted by Gasteiger charge is -2.34. The molecule has 2 heterocycles. The van der Waals surface area contributed by atoms with E-state index in [1.54, 1.807) is 49.6 Å². The van der Waals surface area contributed by atoms with Gasteiger partial charge in [-0.3, -0.25) is 9.59 Å². The lowest BCUT2D eigenvalue weighted by atomic mass is 10.1. The van der Waals surface area contributed by atoms with Gasteiger partial charge >= 0.3 is 0 Å². The standard InChI is InChI=1S/C22H24N4O3/c1-3-24-11-13-25(14-12-24)22(28)20-18-9-4-5-10-19(18)21(27)26(23-20)16-7-6-8-17(15-16)29-2/h4-10,15H,3,11-14H2,1-2H3. The van der Waals surface area contributed by atoms with Crippen molar-refractivity contribution in [1.29, 1.82) is 0 Å². The van der Waals surface area contributed by atoms with E-state index in [1.807, 2.05) is 11.0 Å². The Balaban J connectivity index is 1.82. The van der Waals surface area contributed by atoms with Crippen LogP contribution in [0.5, 0.6) is 5.75 Å². The molecule has 1 aromatic heterocycles. The summed E-state index contributed by atoms with van der Waals surface area (Å²) in [6, 6.07) is 14.3. The molecule has 0 radical (unpaired) electrons. The highest BCUT2D eigenvalue weighted by atomic mass is 16.5. The van der Waals surface area contributed by atoms with E-state index in [1.165, 1.54) is 4.68 Å². The number of piperazine rings is 1. The summed E-state index contributed by atoms with van der Waals surface area (Å²) in [4.78, 5) is 30.6. The minimum Gasteiger partial charge on any atom is -0.497 e. The maximum atomic E-state index is 13.3. The second-order valence-corrected chi connectivity index (χ2v) is 7.04. The second kappa shape index (κ2) is 8.05. The molecule has 1 saturated heterocycles. The monoisotopic (exact) mass is 392 g/mol. The quantitative estimate of drug-likeness (QED) is 0.681. The number of nitrogens with zero attached hydrogens (tertiary/aromatic N) is 4. The van der Waals surface area contributed by atoms with Crippen molar-refractivity contribution in [2.75, 3.05) is 39.8 Å². The first kappa shape index (κ1) is 19.1. The van der Waals surface area contributed by atoms with Crippen LogP contribution in [0.15, 0.2) is 53.3 Å². The third-order valence-electron chi connectivity index (χ3n) is 5.41. The summed E-state index contributed by atoms with van der Waals surface area (Å²) in [7, 11) is 1.57. The van der Waals surface area contributed by atoms with E-state index in [0.29, 0.717) is 41.0 Å². The normalized spacial score (nSPS) is 14.9. The van der Waals surface area contributed by atoms with Gasteiger partial charge in [-0.05, 0) is 24.7 Å². The molecule has 0 aliphatic carbocycles. The van der Waals surface area contributed by atoms with Gasteiger partial charge in [0.1, 0.15) is 5.75 Å². The highest BCUT2D eigenvalue weighted by Crippen LogP contribution is 2.19. The van der Waals surface area contributed by atoms with Gasteiger partial charge in [-0.15, -0.1) is 0 Å². The minimum atomic E-state index is -0.263. The predicted octanol–water partition coefficient (Wildman–Crippen LogP) is 2.17. The summed E-state index contributed by atoms with van der Waals surface area (Å²) in [5, 5.41) is 5.56. The number of carbonyl (C=O) groups excluding carboxylic acids is 1. The molecule has 7 heteroatoms. The average Bonchev–Trinajstić information content (AvgIpc) is 2.79. The van der Waals surface area contributed by atoms with Crippen LogP contribution in [0, 0.1) is 0 Å². The number of ether oxygens (including phenoxy) is 1. The highest BCUT2D eigenvalue weighted by molar-refractivity contribution is 6.04. The Labute approximate surface area is 169 Å². The van der Waals surface area contributed by atoms with Crippen molar-refractivity contribution in [1.82, 2.24) is 19.6 Å². The first-order chi connectivity index (χ1) is 14.1. The average molecular weight is 392 g/mol. The van der Waals surface area contributed by atoms with Crippen LogP contribution >= 0.6 is 0 Å². The van der Waals surface area contributed by atoms with Gasteiger partial charge in [0, 0.05) is 37.6 Å². The molecular weight excluding hydrogens is 368 g/mol. The zero-order chi connectivity index (χ0) is 20.4. The molecule has 150 valence electrons. The number of likely N-dealkylation sites (N-methyl/N-ethyl adjacent to an activating group) is 1. The van der Waals surface area contributed by atoms with Gasteiger partial charge in [0.05, 0.1) is 18.2 Å². The first-order valence-corrected chi connectivity index (χ1v) is 9.80. The summed E-state index contributed by atoms with van der Waals surface area (Å²) < 4.78 is 6.57. The maximum Gasteiger partial charge on any atom is 0.279 e. The van der Waals surface area contributed by atoms with Crippen molar-refractivity contribution in [2.45, 2.75) is 6.92 Å². The molecule has 4 rings (SSSR count). The van der Waals surface area contributed by atoms with Crippen LogP contribution in [0.25, 0.3) is 16.5 Å². The number of benzene rings is 2. The Morgan fingerprint density at radius 1 is 1.03 bits per heavy atom. The molecule has 0 unspecified atom stereocenters. The summed E-state index contributed by atoms with van der Waals surface area (Å²) in [6.07, 6.45) is 0. The molecule has 1 aliphatic rings. The Hall–Kier alpha value is -3.19. The van der Waals surface area contributed by atoms with E-state index in [0.717, 1.165) is 19.6 Å². The van der Waals surface area contributed by atoms with Crippen LogP contribution in [0.3, 0.4) is 0 Å². The molecule has 0 N–H and O–H groups in total. The number of aromatic nitrogens is 2. The molecule has 1 amide bonds. The molecule has 0 spiro atoms. The number of rotatable bonds is 4. The van der Waals surface area contributed by atoms with Crippen LogP contribution in [0.4, 0.5) is 0 Å². The zero-order valence-corrected chi connectivity index (χ0v) is 16.7. The van der Waals surface area contributed by atoms with Gasteiger partial charge in [-0.25, -0.2) is 0 Å². The van der Waals surface area contributed by atoms with E-state index in [-0.39, 0.29) is 11.5 Å². The van der Waals surface area contributed by atoms with Gasteiger partial charge in [-0.2, -0.15) is 9.78 Å². The summed E-state index contributed by atoms with van der Waals surface area (Å²) in [5.41, 5.74) is 0.596. The Morgan fingerprint density at radius 3 is 2.45 bits per heavy atom. The Morgan fingerprint density at radius 2 is 1.76 bits per heavy atom. The van der Waals surface area contributed by atoms with Crippen molar-refractivity contribution in [2.24, 2.45) is 0 Å². The molecule has 2 aromatic carbocycles. The van der Waals surface area contributed by atoms with Crippen molar-refractivity contribution in [3.8, 4) is 11.4 Å². The number of hydrogen-bond donors (Lipinski definition) is 0. The number of carbonyl (C=O) groups is 1. The topological polar surface area (TPSA) is 67.7 Å². The van der Waals surface area contributed by atoms with Gasteiger partial charge in [-0.1, -0.05) is 31.2 Å². The van der Waals surface area contributed by atoms with Gasteiger partial charge in [0.2, 0.25) is 0 Å². The summed E-state index contributed by atoms with van der Waals surface area (Å²) >= 11 is 0. The lowest BCUT2D eigenvalue weighted by Crippen LogP contribution is -2.49. The van der Waals surface area contributed by atoms with E-state index in [9.17, 15) is 9.59 Å². The summed E-state index contributed by atoms with van der Waals surface area (Å²) in [6.45, 7) is 6.09. The fourth-order valence-electron chi connectivity index (χ4n) is 3.68. The predicted molar refractivity (Wildman–Crippen MR) is 112 cm³/mol. The number of methoxy groups -OCH3 is 1. The highest BCUT2D eigenvalue weighted by Gasteiger charge is 2.25. The molecule has 1 fully saturated rings. The largest absolute Gasteiger partial charge is 0.497 e. The van der Waals surface area contributed by atoms with E-state index in [4.69, 9.17) is 4.74 Å². The molecule has 29 heavy (non-hydrogen) atoms. The molecule has 0 bridgehead atoms. The zero-order valence-electron chi connectivity index (χ0n) is 16.7. The molecule has 0 saturated carbocycles. The fraction of sp³-hybridized carbons (Fsp3) is 0.318. The van der Waals surface area contributed by atoms with Crippen LogP contribution in [0.2, 0.25) is 0 Å². The van der Waals surface area contributed by atoms with Crippen LogP contribution in [-0.2, 0) is 0 Å². The van der Waals surface area contributed by atoms with Gasteiger partial charge < -0.3 is 14.5 Å². The third-order valence-corrected chi connectivity index (χ3v) is 5.41. The van der Waals surface area contributed by atoms with Crippen molar-refractivity contribution < 1.29 is 9.53 Å². The minimum absolute atomic E-state index is 0.145. The smallest absolute Gasteiger partial charge is 0.279 e. The Kier molecular flexibility index (Phi) is 5.31. The maximum absolute atomic E-state index is 13.3. The molecule has 3 aromatic rings.